The summed E-state index contributed by atoms with van der Waals surface area (Å²) in [6.07, 6.45) is -0.0774. The second-order valence-electron chi connectivity index (χ2n) is 6.33. The van der Waals surface area contributed by atoms with Crippen LogP contribution in [0.3, 0.4) is 0 Å². The molecule has 0 spiro atoms. The van der Waals surface area contributed by atoms with E-state index in [1.54, 1.807) is 0 Å². The fourth-order valence-electron chi connectivity index (χ4n) is 3.30. The molecule has 4 nitrogen and oxygen atoms in total. The Kier molecular flexibility index (Phi) is 3.32. The van der Waals surface area contributed by atoms with Crippen LogP contribution in [0.2, 0.25) is 0 Å². The zero-order chi connectivity index (χ0) is 15.9. The van der Waals surface area contributed by atoms with Crippen molar-refractivity contribution in [2.45, 2.75) is 31.8 Å². The molecule has 4 rings (SSSR count). The number of anilines is 1. The average Bonchev–Trinajstić information content (AvgIpc) is 2.46. The van der Waals surface area contributed by atoms with E-state index in [-0.39, 0.29) is 5.92 Å². The Morgan fingerprint density at radius 3 is 2.45 bits per heavy atom. The Morgan fingerprint density at radius 2 is 1.86 bits per heavy atom. The third-order valence-electron chi connectivity index (χ3n) is 4.20. The van der Waals surface area contributed by atoms with Gasteiger partial charge in [0.05, 0.1) is 0 Å². The van der Waals surface area contributed by atoms with Gasteiger partial charge in [0.25, 0.3) is 0 Å². The molecular formula is C18H20N2O2. The molecule has 2 aromatic carbocycles. The minimum absolute atomic E-state index is 0.189. The third kappa shape index (κ3) is 2.41. The summed E-state index contributed by atoms with van der Waals surface area (Å²) >= 11 is 0. The molecule has 1 atom stereocenters. The van der Waals surface area contributed by atoms with Crippen molar-refractivity contribution in [1.29, 1.82) is 0 Å². The van der Waals surface area contributed by atoms with Crippen LogP contribution in [0.5, 0.6) is 0 Å². The lowest BCUT2D eigenvalue weighted by atomic mass is 9.69. The van der Waals surface area contributed by atoms with Gasteiger partial charge in [-0.25, -0.2) is 4.79 Å². The molecule has 2 aliphatic carbocycles. The minimum atomic E-state index is -0.746. The zero-order valence-corrected chi connectivity index (χ0v) is 12.8. The lowest BCUT2D eigenvalue weighted by molar-refractivity contribution is 0.0356. The Balaban J connectivity index is 1.91. The molecule has 4 heteroatoms. The van der Waals surface area contributed by atoms with Crippen molar-refractivity contribution < 1.29 is 9.53 Å². The van der Waals surface area contributed by atoms with Gasteiger partial charge in [0.1, 0.15) is 5.60 Å². The zero-order valence-electron chi connectivity index (χ0n) is 12.8. The Morgan fingerprint density at radius 1 is 1.18 bits per heavy atom. The predicted molar refractivity (Wildman–Crippen MR) is 87.5 cm³/mol. The van der Waals surface area contributed by atoms with Crippen LogP contribution < -0.4 is 11.5 Å². The van der Waals surface area contributed by atoms with Gasteiger partial charge in [-0.3, -0.25) is 0 Å². The first-order valence-electron chi connectivity index (χ1n) is 7.35. The van der Waals surface area contributed by atoms with Crippen LogP contribution in [0.15, 0.2) is 42.5 Å². The van der Waals surface area contributed by atoms with E-state index in [2.05, 4.69) is 24.3 Å². The van der Waals surface area contributed by atoms with Crippen LogP contribution in [0, 0.1) is 0 Å². The van der Waals surface area contributed by atoms with Crippen molar-refractivity contribution in [2.24, 2.45) is 5.73 Å². The van der Waals surface area contributed by atoms with E-state index in [0.29, 0.717) is 6.42 Å². The molecule has 1 unspecified atom stereocenters. The summed E-state index contributed by atoms with van der Waals surface area (Å²) in [5, 5.41) is 0. The molecule has 0 aromatic heterocycles. The SMILES string of the molecule is CC(C)(CC1c2ccc(-c3ccccc3)c1c2N)OC(N)=O. The smallest absolute Gasteiger partial charge is 0.405 e. The summed E-state index contributed by atoms with van der Waals surface area (Å²) in [7, 11) is 0. The van der Waals surface area contributed by atoms with Gasteiger partial charge in [0.15, 0.2) is 0 Å². The molecular weight excluding hydrogens is 276 g/mol. The highest BCUT2D eigenvalue weighted by Crippen LogP contribution is 2.52. The molecule has 22 heavy (non-hydrogen) atoms. The van der Waals surface area contributed by atoms with Crippen LogP contribution >= 0.6 is 0 Å². The van der Waals surface area contributed by atoms with Gasteiger partial charge >= 0.3 is 6.09 Å². The van der Waals surface area contributed by atoms with E-state index in [9.17, 15) is 4.79 Å². The maximum Gasteiger partial charge on any atom is 0.405 e. The van der Waals surface area contributed by atoms with E-state index >= 15 is 0 Å². The second-order valence-corrected chi connectivity index (χ2v) is 6.33. The highest BCUT2D eigenvalue weighted by molar-refractivity contribution is 5.83. The second kappa shape index (κ2) is 5.05. The van der Waals surface area contributed by atoms with Crippen molar-refractivity contribution in [2.75, 3.05) is 5.73 Å². The van der Waals surface area contributed by atoms with Gasteiger partial charge in [-0.1, -0.05) is 42.5 Å². The summed E-state index contributed by atoms with van der Waals surface area (Å²) in [5.74, 6) is 0.189. The molecule has 4 N–H and O–H groups in total. The highest BCUT2D eigenvalue weighted by Gasteiger charge is 2.38. The lowest BCUT2D eigenvalue weighted by Gasteiger charge is -2.38. The standard InChI is InChI=1S/C18H20N2O2/c1-18(2,22-17(20)21)10-14-13-9-8-12(15(14)16(13)19)11-6-4-3-5-7-11/h3-9,14H,10,19H2,1-2H3,(H2,20,21). The van der Waals surface area contributed by atoms with Crippen LogP contribution in [-0.2, 0) is 4.74 Å². The number of hydrogen-bond donors (Lipinski definition) is 2. The van der Waals surface area contributed by atoms with E-state index in [1.165, 1.54) is 0 Å². The van der Waals surface area contributed by atoms with Crippen molar-refractivity contribution >= 4 is 11.8 Å². The summed E-state index contributed by atoms with van der Waals surface area (Å²) in [6.45, 7) is 3.74. The number of hydrogen-bond acceptors (Lipinski definition) is 3. The molecule has 1 amide bonds. The predicted octanol–water partition coefficient (Wildman–Crippen LogP) is 3.65. The van der Waals surface area contributed by atoms with Crippen molar-refractivity contribution in [1.82, 2.24) is 0 Å². The largest absolute Gasteiger partial charge is 0.444 e. The molecule has 0 heterocycles. The van der Waals surface area contributed by atoms with Crippen molar-refractivity contribution in [3.8, 4) is 11.1 Å². The lowest BCUT2D eigenvalue weighted by Crippen LogP contribution is -2.35. The number of benzene rings is 2. The monoisotopic (exact) mass is 296 g/mol. The van der Waals surface area contributed by atoms with Crippen LogP contribution in [0.25, 0.3) is 11.1 Å². The number of primary amides is 1. The number of carbonyl (C=O) groups is 1. The number of nitrogen functional groups attached to an aromatic ring is 1. The fraction of sp³-hybridized carbons (Fsp3) is 0.278. The number of fused-ring (bicyclic) bond motifs is 2. The number of amides is 1. The van der Waals surface area contributed by atoms with Gasteiger partial charge in [0.2, 0.25) is 0 Å². The maximum atomic E-state index is 11.0. The van der Waals surface area contributed by atoms with Gasteiger partial charge < -0.3 is 16.2 Å². The first-order valence-corrected chi connectivity index (χ1v) is 7.35. The maximum absolute atomic E-state index is 11.0. The molecule has 0 aliphatic heterocycles. The summed E-state index contributed by atoms with van der Waals surface area (Å²) < 4.78 is 5.21. The Labute approximate surface area is 130 Å². The minimum Gasteiger partial charge on any atom is -0.444 e. The molecule has 0 saturated carbocycles. The Bertz CT molecular complexity index is 723. The van der Waals surface area contributed by atoms with E-state index < -0.39 is 11.7 Å². The van der Waals surface area contributed by atoms with Crippen molar-refractivity contribution in [3.05, 3.63) is 53.6 Å². The molecule has 0 fully saturated rings. The van der Waals surface area contributed by atoms with Gasteiger partial charge in [-0.15, -0.1) is 0 Å². The number of carbonyl (C=O) groups excluding carboxylic acids is 1. The molecule has 0 saturated heterocycles. The van der Waals surface area contributed by atoms with Crippen LogP contribution in [-0.4, -0.2) is 11.7 Å². The first-order chi connectivity index (χ1) is 10.4. The summed E-state index contributed by atoms with van der Waals surface area (Å²) in [5.41, 5.74) is 16.1. The molecule has 2 aliphatic rings. The fourth-order valence-corrected chi connectivity index (χ4v) is 3.30. The topological polar surface area (TPSA) is 78.3 Å². The van der Waals surface area contributed by atoms with Gasteiger partial charge in [-0.2, -0.15) is 0 Å². The number of nitrogens with two attached hydrogens (primary N) is 2. The highest BCUT2D eigenvalue weighted by atomic mass is 16.6. The normalized spacial score (nSPS) is 16.0. The van der Waals surface area contributed by atoms with Crippen LogP contribution in [0.1, 0.15) is 37.3 Å². The third-order valence-corrected chi connectivity index (χ3v) is 4.20. The van der Waals surface area contributed by atoms with E-state index in [4.69, 9.17) is 16.2 Å². The first kappa shape index (κ1) is 14.4. The van der Waals surface area contributed by atoms with E-state index in [1.807, 2.05) is 32.0 Å². The Hall–Kier alpha value is -2.49. The van der Waals surface area contributed by atoms with Crippen molar-refractivity contribution in [3.63, 3.8) is 0 Å². The number of rotatable bonds is 4. The summed E-state index contributed by atoms with van der Waals surface area (Å²) in [4.78, 5) is 11.0. The average molecular weight is 296 g/mol. The summed E-state index contributed by atoms with van der Waals surface area (Å²) in [6, 6.07) is 14.3. The molecule has 114 valence electrons. The number of ether oxygens (including phenoxy) is 1. The van der Waals surface area contributed by atoms with Gasteiger partial charge in [0, 0.05) is 11.6 Å². The van der Waals surface area contributed by atoms with E-state index in [0.717, 1.165) is 27.9 Å². The molecule has 2 bridgehead atoms. The van der Waals surface area contributed by atoms with Crippen LogP contribution in [0.4, 0.5) is 10.5 Å². The van der Waals surface area contributed by atoms with Gasteiger partial charge in [-0.05, 0) is 42.5 Å². The molecule has 0 radical (unpaired) electrons. The molecule has 2 aromatic rings. The quantitative estimate of drug-likeness (QED) is 0.845.